The van der Waals surface area contributed by atoms with Crippen molar-refractivity contribution in [3.63, 3.8) is 0 Å². The zero-order valence-electron chi connectivity index (χ0n) is 25.0. The zero-order chi connectivity index (χ0) is 31.3. The predicted octanol–water partition coefficient (Wildman–Crippen LogP) is 6.89. The molecule has 7 nitrogen and oxygen atoms in total. The lowest BCUT2D eigenvalue weighted by Crippen LogP contribution is -2.37. The summed E-state index contributed by atoms with van der Waals surface area (Å²) in [5.41, 5.74) is 0.848. The van der Waals surface area contributed by atoms with E-state index in [-0.39, 0.29) is 30.7 Å². The van der Waals surface area contributed by atoms with Gasteiger partial charge in [0, 0.05) is 25.4 Å². The van der Waals surface area contributed by atoms with Crippen molar-refractivity contribution in [3.05, 3.63) is 82.5 Å². The molecule has 230 valence electrons. The Balaban J connectivity index is 1.78. The molecule has 3 aromatic rings. The molecule has 3 atom stereocenters. The average molecular weight is 599 g/mol. The van der Waals surface area contributed by atoms with Crippen molar-refractivity contribution < 1.29 is 37.0 Å². The average Bonchev–Trinajstić information content (AvgIpc) is 2.97. The first-order chi connectivity index (χ1) is 20.4. The van der Waals surface area contributed by atoms with Crippen molar-refractivity contribution in [1.29, 1.82) is 0 Å². The molecule has 4 rings (SSSR count). The number of aromatic nitrogens is 1. The Bertz CT molecular complexity index is 1370. The van der Waals surface area contributed by atoms with Crippen LogP contribution >= 0.6 is 0 Å². The quantitative estimate of drug-likeness (QED) is 0.186. The molecule has 0 N–H and O–H groups in total. The summed E-state index contributed by atoms with van der Waals surface area (Å²) in [6, 6.07) is 16.4. The third kappa shape index (κ3) is 7.47. The van der Waals surface area contributed by atoms with Crippen molar-refractivity contribution in [1.82, 2.24) is 4.98 Å². The van der Waals surface area contributed by atoms with Crippen LogP contribution in [0.4, 0.5) is 19.0 Å². The molecule has 0 aliphatic heterocycles. The Labute approximate surface area is 250 Å². The Hall–Kier alpha value is -4.08. The summed E-state index contributed by atoms with van der Waals surface area (Å²) in [6.45, 7) is 5.68. The number of alkyl halides is 3. The summed E-state index contributed by atoms with van der Waals surface area (Å²) in [5, 5.41) is 0. The number of methoxy groups -OCH3 is 2. The van der Waals surface area contributed by atoms with E-state index >= 15 is 0 Å². The number of ketones is 1. The van der Waals surface area contributed by atoms with E-state index in [0.717, 1.165) is 11.1 Å². The minimum atomic E-state index is -4.68. The number of Topliss-reactive ketones (excluding diaryl/α,β-unsaturated/α-hetero) is 1. The maximum atomic E-state index is 14.5. The van der Waals surface area contributed by atoms with E-state index in [1.807, 2.05) is 53.4 Å². The summed E-state index contributed by atoms with van der Waals surface area (Å²) < 4.78 is 59.2. The molecule has 1 fully saturated rings. The zero-order valence-corrected chi connectivity index (χ0v) is 25.0. The number of carbonyl (C=O) groups is 2. The van der Waals surface area contributed by atoms with Crippen molar-refractivity contribution >= 4 is 17.6 Å². The lowest BCUT2D eigenvalue weighted by Gasteiger charge is -2.34. The first-order valence-electron chi connectivity index (χ1n) is 14.2. The molecule has 1 saturated carbocycles. The molecule has 0 saturated heterocycles. The standard InChI is InChI=1S/C33H37F3N2O5/c1-6-43-32(40)27-15-20(2)26(17-28(27)39)31-30(33(34,35)36)21(3)16-29(37-31)38(18-22-7-11-24(41-4)12-8-22)19-23-9-13-25(42-5)14-10-23/h7-14,16,20,26-27H,6,15,17-19H2,1-5H3. The molecular formula is C33H37F3N2O5. The number of hydrogen-bond acceptors (Lipinski definition) is 7. The Kier molecular flexibility index (Phi) is 9.98. The lowest BCUT2D eigenvalue weighted by molar-refractivity contribution is -0.154. The summed E-state index contributed by atoms with van der Waals surface area (Å²) in [7, 11) is 3.15. The van der Waals surface area contributed by atoms with E-state index in [0.29, 0.717) is 30.4 Å². The van der Waals surface area contributed by atoms with E-state index in [1.54, 1.807) is 28.1 Å². The van der Waals surface area contributed by atoms with Gasteiger partial charge in [-0.3, -0.25) is 9.59 Å². The first-order valence-corrected chi connectivity index (χ1v) is 14.2. The minimum absolute atomic E-state index is 0.0223. The molecule has 43 heavy (non-hydrogen) atoms. The highest BCUT2D eigenvalue weighted by Crippen LogP contribution is 2.45. The molecule has 3 unspecified atom stereocenters. The molecule has 0 bridgehead atoms. The number of nitrogens with zero attached hydrogens (tertiary/aromatic N) is 2. The van der Waals surface area contributed by atoms with Gasteiger partial charge in [-0.05, 0) is 73.2 Å². The molecule has 1 aliphatic rings. The number of anilines is 1. The SMILES string of the molecule is CCOC(=O)C1CC(C)C(c2nc(N(Cc3ccc(OC)cc3)Cc3ccc(OC)cc3)cc(C)c2C(F)(F)F)CC1=O. The minimum Gasteiger partial charge on any atom is -0.497 e. The van der Waals surface area contributed by atoms with Crippen LogP contribution in [0.3, 0.4) is 0 Å². The van der Waals surface area contributed by atoms with E-state index in [9.17, 15) is 22.8 Å². The van der Waals surface area contributed by atoms with Crippen LogP contribution in [-0.4, -0.2) is 37.6 Å². The van der Waals surface area contributed by atoms with E-state index in [1.165, 1.54) is 13.0 Å². The van der Waals surface area contributed by atoms with Crippen molar-refractivity contribution in [2.45, 2.75) is 58.8 Å². The summed E-state index contributed by atoms with van der Waals surface area (Å²) in [5.74, 6) is -1.51. The van der Waals surface area contributed by atoms with Gasteiger partial charge in [-0.15, -0.1) is 0 Å². The predicted molar refractivity (Wildman–Crippen MR) is 156 cm³/mol. The van der Waals surface area contributed by atoms with Gasteiger partial charge in [0.25, 0.3) is 0 Å². The van der Waals surface area contributed by atoms with Crippen LogP contribution in [-0.2, 0) is 33.6 Å². The number of ether oxygens (including phenoxy) is 3. The van der Waals surface area contributed by atoms with Gasteiger partial charge in [0.2, 0.25) is 0 Å². The number of esters is 1. The molecule has 0 radical (unpaired) electrons. The van der Waals surface area contributed by atoms with Crippen LogP contribution in [0.1, 0.15) is 60.6 Å². The Morgan fingerprint density at radius 3 is 1.98 bits per heavy atom. The van der Waals surface area contributed by atoms with Crippen LogP contribution in [0.5, 0.6) is 11.5 Å². The van der Waals surface area contributed by atoms with Crippen LogP contribution in [0, 0.1) is 18.8 Å². The third-order valence-electron chi connectivity index (χ3n) is 7.93. The maximum Gasteiger partial charge on any atom is 0.418 e. The summed E-state index contributed by atoms with van der Waals surface area (Å²) in [4.78, 5) is 32.0. The Morgan fingerprint density at radius 1 is 0.977 bits per heavy atom. The number of carbonyl (C=O) groups excluding carboxylic acids is 2. The van der Waals surface area contributed by atoms with E-state index in [4.69, 9.17) is 14.2 Å². The number of aryl methyl sites for hydroxylation is 1. The molecule has 1 heterocycles. The van der Waals surface area contributed by atoms with Gasteiger partial charge < -0.3 is 19.1 Å². The van der Waals surface area contributed by atoms with E-state index < -0.39 is 41.2 Å². The first kappa shape index (κ1) is 31.8. The molecule has 1 aliphatic carbocycles. The molecule has 1 aromatic heterocycles. The molecule has 0 amide bonds. The van der Waals surface area contributed by atoms with Crippen molar-refractivity contribution in [3.8, 4) is 11.5 Å². The monoisotopic (exact) mass is 598 g/mol. The van der Waals surface area contributed by atoms with Crippen LogP contribution in [0.2, 0.25) is 0 Å². The van der Waals surface area contributed by atoms with Crippen LogP contribution in [0.15, 0.2) is 54.6 Å². The molecule has 2 aromatic carbocycles. The highest BCUT2D eigenvalue weighted by atomic mass is 19.4. The summed E-state index contributed by atoms with van der Waals surface area (Å²) in [6.07, 6.45) is -4.80. The van der Waals surface area contributed by atoms with E-state index in [2.05, 4.69) is 4.98 Å². The maximum absolute atomic E-state index is 14.5. The van der Waals surface area contributed by atoms with Gasteiger partial charge in [0.1, 0.15) is 29.0 Å². The molecule has 0 spiro atoms. The van der Waals surface area contributed by atoms with Crippen molar-refractivity contribution in [2.24, 2.45) is 11.8 Å². The number of rotatable bonds is 10. The second kappa shape index (κ2) is 13.5. The lowest BCUT2D eigenvalue weighted by atomic mass is 9.71. The smallest absolute Gasteiger partial charge is 0.418 e. The highest BCUT2D eigenvalue weighted by molar-refractivity contribution is 6.00. The van der Waals surface area contributed by atoms with Gasteiger partial charge >= 0.3 is 12.1 Å². The summed E-state index contributed by atoms with van der Waals surface area (Å²) >= 11 is 0. The highest BCUT2D eigenvalue weighted by Gasteiger charge is 2.45. The second-order valence-corrected chi connectivity index (χ2v) is 10.9. The van der Waals surface area contributed by atoms with Gasteiger partial charge in [-0.2, -0.15) is 13.2 Å². The fourth-order valence-corrected chi connectivity index (χ4v) is 5.66. The third-order valence-corrected chi connectivity index (χ3v) is 7.93. The fourth-order valence-electron chi connectivity index (χ4n) is 5.66. The van der Waals surface area contributed by atoms with Gasteiger partial charge in [0.15, 0.2) is 0 Å². The van der Waals surface area contributed by atoms with Crippen molar-refractivity contribution in [2.75, 3.05) is 25.7 Å². The fraction of sp³-hybridized carbons (Fsp3) is 0.424. The number of hydrogen-bond donors (Lipinski definition) is 0. The normalized spacial score (nSPS) is 18.7. The van der Waals surface area contributed by atoms with Crippen LogP contribution < -0.4 is 14.4 Å². The topological polar surface area (TPSA) is 78.0 Å². The molecular weight excluding hydrogens is 561 g/mol. The van der Waals surface area contributed by atoms with Gasteiger partial charge in [-0.1, -0.05) is 31.2 Å². The second-order valence-electron chi connectivity index (χ2n) is 10.9. The number of halogens is 3. The van der Waals surface area contributed by atoms with Crippen LogP contribution in [0.25, 0.3) is 0 Å². The Morgan fingerprint density at radius 2 is 1.51 bits per heavy atom. The number of benzene rings is 2. The number of pyridine rings is 1. The molecule has 10 heteroatoms. The largest absolute Gasteiger partial charge is 0.497 e. The van der Waals surface area contributed by atoms with Gasteiger partial charge in [0.05, 0.1) is 32.1 Å². The van der Waals surface area contributed by atoms with Gasteiger partial charge in [-0.25, -0.2) is 4.98 Å².